The molecule has 0 N–H and O–H groups in total. The van der Waals surface area contributed by atoms with Crippen molar-refractivity contribution in [3.8, 4) is 11.1 Å². The fourth-order valence-electron chi connectivity index (χ4n) is 3.59. The summed E-state index contributed by atoms with van der Waals surface area (Å²) in [5, 5.41) is 2.66. The van der Waals surface area contributed by atoms with E-state index in [1.165, 1.54) is 44.2 Å². The molecule has 5 rings (SSSR count). The van der Waals surface area contributed by atoms with Crippen LogP contribution >= 0.6 is 0 Å². The van der Waals surface area contributed by atoms with Crippen molar-refractivity contribution in [3.05, 3.63) is 82.9 Å². The molecule has 0 radical (unpaired) electrons. The molecule has 0 atom stereocenters. The van der Waals surface area contributed by atoms with E-state index in [0.717, 1.165) is 6.42 Å². The van der Waals surface area contributed by atoms with Gasteiger partial charge in [0.15, 0.2) is 0 Å². The van der Waals surface area contributed by atoms with E-state index in [-0.39, 0.29) is 0 Å². The van der Waals surface area contributed by atoms with Crippen LogP contribution in [0.1, 0.15) is 22.3 Å². The highest BCUT2D eigenvalue weighted by Gasteiger charge is 2.25. The lowest BCUT2D eigenvalue weighted by molar-refractivity contribution is 1.25. The Bertz CT molecular complexity index is 955. The van der Waals surface area contributed by atoms with Gasteiger partial charge < -0.3 is 0 Å². The minimum Gasteiger partial charge on any atom is -0.0616 e. The van der Waals surface area contributed by atoms with E-state index in [1.807, 2.05) is 6.08 Å². The van der Waals surface area contributed by atoms with Gasteiger partial charge in [-0.2, -0.15) is 0 Å². The van der Waals surface area contributed by atoms with Crippen LogP contribution in [0.4, 0.5) is 0 Å². The molecule has 0 heteroatoms. The highest BCUT2D eigenvalue weighted by Crippen LogP contribution is 2.42. The molecule has 0 unspecified atom stereocenters. The molecular weight excluding hydrogens is 252 g/mol. The Labute approximate surface area is 124 Å². The first kappa shape index (κ1) is 11.0. The van der Waals surface area contributed by atoms with Crippen molar-refractivity contribution < 1.29 is 0 Å². The summed E-state index contributed by atoms with van der Waals surface area (Å²) in [6, 6.07) is 17.8. The standard InChI is InChI=1S/C21H13/c1-2-7-16-12-20-17(11-15(16)6-1)13-21-18-8-4-3-5-14(18)9-10-19(20)21/h1-2,4-12H,13H2/q+1. The van der Waals surface area contributed by atoms with Gasteiger partial charge in [-0.3, -0.25) is 0 Å². The lowest BCUT2D eigenvalue weighted by Gasteiger charge is -2.05. The van der Waals surface area contributed by atoms with Crippen LogP contribution in [-0.2, 0) is 6.42 Å². The van der Waals surface area contributed by atoms with E-state index in [2.05, 4.69) is 66.8 Å². The average molecular weight is 265 g/mol. The number of allylic oxidation sites excluding steroid dienone is 2. The van der Waals surface area contributed by atoms with Crippen molar-refractivity contribution in [1.82, 2.24) is 0 Å². The minimum absolute atomic E-state index is 1.04. The first-order valence-electron chi connectivity index (χ1n) is 7.34. The molecule has 3 aromatic rings. The Kier molecular flexibility index (Phi) is 2.05. The topological polar surface area (TPSA) is 0 Å². The summed E-state index contributed by atoms with van der Waals surface area (Å²) in [6.45, 7) is 0. The van der Waals surface area contributed by atoms with Crippen LogP contribution in [0.3, 0.4) is 0 Å². The molecule has 0 fully saturated rings. The van der Waals surface area contributed by atoms with Gasteiger partial charge in [0.2, 0.25) is 0 Å². The average Bonchev–Trinajstić information content (AvgIpc) is 2.90. The van der Waals surface area contributed by atoms with E-state index in [4.69, 9.17) is 0 Å². The van der Waals surface area contributed by atoms with Crippen LogP contribution in [0.15, 0.2) is 54.6 Å². The molecule has 0 nitrogen and oxygen atoms in total. The van der Waals surface area contributed by atoms with Crippen molar-refractivity contribution in [2.75, 3.05) is 0 Å². The Hall–Kier alpha value is -2.69. The van der Waals surface area contributed by atoms with Crippen molar-refractivity contribution in [2.45, 2.75) is 6.42 Å². The number of benzene rings is 3. The summed E-state index contributed by atoms with van der Waals surface area (Å²) in [7, 11) is 0. The van der Waals surface area contributed by atoms with E-state index in [0.29, 0.717) is 0 Å². The maximum atomic E-state index is 3.17. The first-order chi connectivity index (χ1) is 10.4. The van der Waals surface area contributed by atoms with Crippen LogP contribution in [0.5, 0.6) is 0 Å². The molecule has 96 valence electrons. The molecule has 0 bridgehead atoms. The van der Waals surface area contributed by atoms with Gasteiger partial charge >= 0.3 is 0 Å². The molecule has 0 heterocycles. The van der Waals surface area contributed by atoms with Gasteiger partial charge in [-0.1, -0.05) is 30.3 Å². The Morgan fingerprint density at radius 3 is 2.62 bits per heavy atom. The highest BCUT2D eigenvalue weighted by molar-refractivity contribution is 5.93. The van der Waals surface area contributed by atoms with Crippen LogP contribution in [0, 0.1) is 6.08 Å². The maximum absolute atomic E-state index is 3.17. The van der Waals surface area contributed by atoms with Gasteiger partial charge in [0.25, 0.3) is 0 Å². The van der Waals surface area contributed by atoms with E-state index >= 15 is 0 Å². The fourth-order valence-corrected chi connectivity index (χ4v) is 3.59. The maximum Gasteiger partial charge on any atom is 0.111 e. The number of hydrogen-bond acceptors (Lipinski definition) is 0. The second kappa shape index (κ2) is 3.91. The van der Waals surface area contributed by atoms with E-state index in [1.54, 1.807) is 0 Å². The smallest absolute Gasteiger partial charge is 0.0616 e. The van der Waals surface area contributed by atoms with E-state index < -0.39 is 0 Å². The summed E-state index contributed by atoms with van der Waals surface area (Å²) in [5.41, 5.74) is 8.36. The van der Waals surface area contributed by atoms with Gasteiger partial charge in [-0.15, -0.1) is 0 Å². The molecule has 0 saturated carbocycles. The molecule has 2 aliphatic carbocycles. The lowest BCUT2D eigenvalue weighted by atomic mass is 9.93. The first-order valence-corrected chi connectivity index (χ1v) is 7.34. The normalized spacial score (nSPS) is 13.7. The Balaban J connectivity index is 1.82. The van der Waals surface area contributed by atoms with Gasteiger partial charge in [0.1, 0.15) is 12.2 Å². The van der Waals surface area contributed by atoms with Gasteiger partial charge in [-0.25, -0.2) is 0 Å². The van der Waals surface area contributed by atoms with Gasteiger partial charge in [-0.05, 0) is 45.2 Å². The molecule has 0 aromatic heterocycles. The van der Waals surface area contributed by atoms with Gasteiger partial charge in [0, 0.05) is 18.6 Å². The van der Waals surface area contributed by atoms with Crippen molar-refractivity contribution in [1.29, 1.82) is 0 Å². The third-order valence-corrected chi connectivity index (χ3v) is 4.60. The summed E-state index contributed by atoms with van der Waals surface area (Å²) in [6.07, 6.45) is 10.5. The van der Waals surface area contributed by atoms with Crippen LogP contribution in [0.2, 0.25) is 0 Å². The van der Waals surface area contributed by atoms with Crippen LogP contribution < -0.4 is 0 Å². The molecule has 3 aromatic carbocycles. The number of hydrogen-bond donors (Lipinski definition) is 0. The zero-order valence-electron chi connectivity index (χ0n) is 11.6. The second-order valence-corrected chi connectivity index (χ2v) is 5.77. The molecule has 0 aliphatic heterocycles. The molecule has 0 saturated heterocycles. The van der Waals surface area contributed by atoms with Gasteiger partial charge in [0.05, 0.1) is 17.2 Å². The summed E-state index contributed by atoms with van der Waals surface area (Å²) < 4.78 is 0. The van der Waals surface area contributed by atoms with Crippen LogP contribution in [0.25, 0.3) is 34.1 Å². The molecule has 2 aliphatic rings. The predicted molar refractivity (Wildman–Crippen MR) is 88.9 cm³/mol. The fraction of sp³-hybridized carbons (Fsp3) is 0.0476. The Morgan fingerprint density at radius 2 is 1.71 bits per heavy atom. The zero-order valence-corrected chi connectivity index (χ0v) is 11.6. The molecular formula is C21H13+. The predicted octanol–water partition coefficient (Wildman–Crippen LogP) is 5.25. The third kappa shape index (κ3) is 1.48. The number of rotatable bonds is 0. The quantitative estimate of drug-likeness (QED) is 0.381. The Morgan fingerprint density at radius 1 is 0.857 bits per heavy atom. The lowest BCUT2D eigenvalue weighted by Crippen LogP contribution is -1.92. The summed E-state index contributed by atoms with van der Waals surface area (Å²) in [4.78, 5) is 0. The molecule has 0 amide bonds. The van der Waals surface area contributed by atoms with Crippen LogP contribution in [-0.4, -0.2) is 0 Å². The minimum atomic E-state index is 1.04. The van der Waals surface area contributed by atoms with Crippen molar-refractivity contribution in [2.24, 2.45) is 0 Å². The molecule has 0 spiro atoms. The second-order valence-electron chi connectivity index (χ2n) is 5.77. The van der Waals surface area contributed by atoms with E-state index in [9.17, 15) is 0 Å². The SMILES string of the molecule is [C+]1=Cc2ccc3c(c2C=C1)Cc1cc2ccccc2cc1-3. The highest BCUT2D eigenvalue weighted by atomic mass is 14.3. The summed E-state index contributed by atoms with van der Waals surface area (Å²) >= 11 is 0. The molecule has 21 heavy (non-hydrogen) atoms. The monoisotopic (exact) mass is 265 g/mol. The van der Waals surface area contributed by atoms with Crippen molar-refractivity contribution >= 4 is 22.9 Å². The zero-order chi connectivity index (χ0) is 13.8. The van der Waals surface area contributed by atoms with Crippen molar-refractivity contribution in [3.63, 3.8) is 0 Å². The third-order valence-electron chi connectivity index (χ3n) is 4.60. The number of fused-ring (bicyclic) bond motifs is 6. The largest absolute Gasteiger partial charge is 0.111 e. The summed E-state index contributed by atoms with van der Waals surface area (Å²) in [5.74, 6) is 0.